The van der Waals surface area contributed by atoms with Crippen LogP contribution in [-0.4, -0.2) is 11.8 Å². The van der Waals surface area contributed by atoms with Crippen LogP contribution in [0.1, 0.15) is 38.5 Å². The largest absolute Gasteiger partial charge is 0.427 e. The Bertz CT molecular complexity index is 319. The summed E-state index contributed by atoms with van der Waals surface area (Å²) in [6.07, 6.45) is 12.4. The number of anilines is 1. The molecule has 2 aliphatic rings. The van der Waals surface area contributed by atoms with Crippen LogP contribution in [0.2, 0.25) is 11.6 Å². The molecule has 2 aliphatic heterocycles. The minimum Gasteiger partial charge on any atom is -0.427 e. The first kappa shape index (κ1) is 10.2. The van der Waals surface area contributed by atoms with Gasteiger partial charge in [-0.1, -0.05) is 38.5 Å². The summed E-state index contributed by atoms with van der Waals surface area (Å²) in [5, 5.41) is 3.74. The Morgan fingerprint density at radius 3 is 2.12 bits per heavy atom. The van der Waals surface area contributed by atoms with Crippen molar-refractivity contribution in [2.24, 2.45) is 0 Å². The highest BCUT2D eigenvalue weighted by atomic mass is 14.8. The van der Waals surface area contributed by atoms with Crippen molar-refractivity contribution in [3.8, 4) is 0 Å². The second-order valence-electron chi connectivity index (χ2n) is 5.29. The third kappa shape index (κ3) is 1.95. The Kier molecular flexibility index (Phi) is 2.85. The fraction of sp³-hybridized carbons (Fsp3) is 0.615. The lowest BCUT2D eigenvalue weighted by molar-refractivity contribution is 0.445. The molecule has 3 heteroatoms. The van der Waals surface area contributed by atoms with Crippen LogP contribution in [0.4, 0.5) is 5.69 Å². The maximum absolute atomic E-state index is 4.07. The van der Waals surface area contributed by atoms with E-state index in [-0.39, 0.29) is 0 Å². The van der Waals surface area contributed by atoms with Gasteiger partial charge in [0.1, 0.15) is 0 Å². The van der Waals surface area contributed by atoms with Gasteiger partial charge < -0.3 is 5.23 Å². The fourth-order valence-corrected chi connectivity index (χ4v) is 3.55. The van der Waals surface area contributed by atoms with Gasteiger partial charge in [-0.05, 0) is 23.8 Å². The molecule has 2 fully saturated rings. The molecule has 0 aromatic carbocycles. The zero-order chi connectivity index (χ0) is 10.8. The summed E-state index contributed by atoms with van der Waals surface area (Å²) in [4.78, 5) is 4.07. The lowest BCUT2D eigenvalue weighted by Gasteiger charge is -2.40. The summed E-state index contributed by atoms with van der Waals surface area (Å²) in [7, 11) is 0. The van der Waals surface area contributed by atoms with Gasteiger partial charge >= 0.3 is 0 Å². The summed E-state index contributed by atoms with van der Waals surface area (Å²) in [5.74, 6) is 1.83. The van der Waals surface area contributed by atoms with Gasteiger partial charge in [-0.25, -0.2) is 0 Å². The van der Waals surface area contributed by atoms with E-state index in [0.29, 0.717) is 0 Å². The molecule has 0 radical (unpaired) electrons. The first-order valence-electron chi connectivity index (χ1n) is 6.60. The third-order valence-corrected chi connectivity index (χ3v) is 4.33. The van der Waals surface area contributed by atoms with E-state index in [0.717, 1.165) is 18.5 Å². The molecule has 0 aliphatic carbocycles. The average molecular weight is 214 g/mol. The molecule has 0 atom stereocenters. The maximum Gasteiger partial charge on any atom is 0.258 e. The number of aromatic nitrogens is 1. The van der Waals surface area contributed by atoms with Gasteiger partial charge in [0.05, 0.1) is 0 Å². The molecule has 16 heavy (non-hydrogen) atoms. The molecule has 3 heterocycles. The molecule has 0 amide bonds. The number of rotatable bonds is 2. The average Bonchev–Trinajstić information content (AvgIpc) is 2.30. The maximum atomic E-state index is 4.07. The first-order chi connectivity index (χ1) is 7.93. The second kappa shape index (κ2) is 4.48. The molecule has 0 unspecified atom stereocenters. The molecular weight excluding hydrogens is 195 g/mol. The van der Waals surface area contributed by atoms with E-state index >= 15 is 0 Å². The number of nitrogens with zero attached hydrogens (tertiary/aromatic N) is 1. The summed E-state index contributed by atoms with van der Waals surface area (Å²) in [5.41, 5.74) is 1.25. The highest BCUT2D eigenvalue weighted by Crippen LogP contribution is 2.46. The van der Waals surface area contributed by atoms with Crippen molar-refractivity contribution < 1.29 is 0 Å². The number of hydrogen-bond donors (Lipinski definition) is 1. The van der Waals surface area contributed by atoms with Crippen LogP contribution >= 0.6 is 0 Å². The van der Waals surface area contributed by atoms with Gasteiger partial charge in [0, 0.05) is 18.1 Å². The normalized spacial score (nSPS) is 28.9. The Hall–Kier alpha value is -0.985. The zero-order valence-corrected chi connectivity index (χ0v) is 9.73. The van der Waals surface area contributed by atoms with Crippen molar-refractivity contribution in [1.29, 1.82) is 0 Å². The van der Waals surface area contributed by atoms with Crippen molar-refractivity contribution in [2.45, 2.75) is 50.2 Å². The Morgan fingerprint density at radius 2 is 1.56 bits per heavy atom. The fourth-order valence-electron chi connectivity index (χ4n) is 3.55. The van der Waals surface area contributed by atoms with Crippen LogP contribution in [0.3, 0.4) is 0 Å². The zero-order valence-electron chi connectivity index (χ0n) is 9.73. The quantitative estimate of drug-likeness (QED) is 0.761. The second-order valence-corrected chi connectivity index (χ2v) is 5.29. The smallest absolute Gasteiger partial charge is 0.258 e. The van der Waals surface area contributed by atoms with Crippen molar-refractivity contribution in [1.82, 2.24) is 4.98 Å². The SMILES string of the molecule is c1cc(NB2C3CCCC2CCC3)ccn1. The van der Waals surface area contributed by atoms with Crippen LogP contribution in [0, 0.1) is 0 Å². The highest BCUT2D eigenvalue weighted by molar-refractivity contribution is 6.66. The standard InChI is InChI=1S/C13H19BN2/c1-3-11-5-2-6-12(4-1)14(11)16-13-7-9-15-10-8-13/h7-12H,1-6H2,(H,15,16). The first-order valence-corrected chi connectivity index (χ1v) is 6.60. The molecule has 0 saturated carbocycles. The third-order valence-electron chi connectivity index (χ3n) is 4.33. The molecule has 1 N–H and O–H groups in total. The minimum atomic E-state index is 0.727. The summed E-state index contributed by atoms with van der Waals surface area (Å²) < 4.78 is 0. The Morgan fingerprint density at radius 1 is 1.00 bits per heavy atom. The van der Waals surface area contributed by atoms with Gasteiger partial charge in [0.2, 0.25) is 0 Å². The van der Waals surface area contributed by atoms with Gasteiger partial charge in [-0.3, -0.25) is 4.98 Å². The summed E-state index contributed by atoms with van der Waals surface area (Å²) in [6, 6.07) is 4.18. The van der Waals surface area contributed by atoms with Crippen LogP contribution < -0.4 is 5.23 Å². The monoisotopic (exact) mass is 214 g/mol. The molecule has 2 saturated heterocycles. The van der Waals surface area contributed by atoms with E-state index < -0.39 is 0 Å². The number of pyridine rings is 1. The van der Waals surface area contributed by atoms with Crippen LogP contribution in [-0.2, 0) is 0 Å². The minimum absolute atomic E-state index is 0.727. The van der Waals surface area contributed by atoms with Crippen LogP contribution in [0.15, 0.2) is 24.5 Å². The van der Waals surface area contributed by atoms with Gasteiger partial charge in [0.15, 0.2) is 0 Å². The number of hydrogen-bond acceptors (Lipinski definition) is 2. The van der Waals surface area contributed by atoms with Crippen molar-refractivity contribution >= 4 is 12.5 Å². The molecule has 0 spiro atoms. The Labute approximate surface area is 98.0 Å². The van der Waals surface area contributed by atoms with E-state index in [1.54, 1.807) is 0 Å². The molecular formula is C13H19BN2. The highest BCUT2D eigenvalue weighted by Gasteiger charge is 2.39. The molecule has 1 aromatic rings. The van der Waals surface area contributed by atoms with E-state index in [1.165, 1.54) is 44.2 Å². The molecule has 2 nitrogen and oxygen atoms in total. The predicted molar refractivity (Wildman–Crippen MR) is 68.8 cm³/mol. The summed E-state index contributed by atoms with van der Waals surface area (Å²) >= 11 is 0. The Balaban J connectivity index is 1.74. The molecule has 84 valence electrons. The van der Waals surface area contributed by atoms with Crippen molar-refractivity contribution in [3.05, 3.63) is 24.5 Å². The lowest BCUT2D eigenvalue weighted by Crippen LogP contribution is -2.41. The molecule has 3 rings (SSSR count). The predicted octanol–water partition coefficient (Wildman–Crippen LogP) is 3.59. The van der Waals surface area contributed by atoms with Crippen molar-refractivity contribution in [2.75, 3.05) is 5.23 Å². The molecule has 1 aromatic heterocycles. The van der Waals surface area contributed by atoms with E-state index in [1.807, 2.05) is 12.4 Å². The van der Waals surface area contributed by atoms with E-state index in [2.05, 4.69) is 22.3 Å². The van der Waals surface area contributed by atoms with Crippen LogP contribution in [0.25, 0.3) is 0 Å². The summed E-state index contributed by atoms with van der Waals surface area (Å²) in [6.45, 7) is 0.727. The van der Waals surface area contributed by atoms with Gasteiger partial charge in [-0.2, -0.15) is 0 Å². The van der Waals surface area contributed by atoms with E-state index in [9.17, 15) is 0 Å². The van der Waals surface area contributed by atoms with Gasteiger partial charge in [0.25, 0.3) is 6.85 Å². The number of fused-ring (bicyclic) bond motifs is 2. The topological polar surface area (TPSA) is 24.9 Å². The van der Waals surface area contributed by atoms with E-state index in [4.69, 9.17) is 0 Å². The molecule has 2 bridgehead atoms. The van der Waals surface area contributed by atoms with Gasteiger partial charge in [-0.15, -0.1) is 0 Å². The lowest BCUT2D eigenvalue weighted by atomic mass is 9.34. The number of nitrogens with one attached hydrogen (secondary N) is 1. The van der Waals surface area contributed by atoms with Crippen molar-refractivity contribution in [3.63, 3.8) is 0 Å². The van der Waals surface area contributed by atoms with Crippen LogP contribution in [0.5, 0.6) is 0 Å².